The van der Waals surface area contributed by atoms with E-state index >= 15 is 0 Å². The third-order valence-corrected chi connectivity index (χ3v) is 4.72. The molecule has 2 aliphatic rings. The van der Waals surface area contributed by atoms with E-state index in [0.29, 0.717) is 5.92 Å². The van der Waals surface area contributed by atoms with Crippen LogP contribution in [0.4, 0.5) is 4.79 Å². The van der Waals surface area contributed by atoms with Crippen LogP contribution in [-0.2, 0) is 16.1 Å². The van der Waals surface area contributed by atoms with Crippen LogP contribution >= 0.6 is 0 Å². The second kappa shape index (κ2) is 6.38. The van der Waals surface area contributed by atoms with Gasteiger partial charge in [-0.3, -0.25) is 0 Å². The Morgan fingerprint density at radius 2 is 1.86 bits per heavy atom. The SMILES string of the molecule is O=C(N[C@H](C(=O)O)C1CC(C2CC2)C1)OCc1ccccc1. The number of amides is 1. The molecule has 0 spiro atoms. The standard InChI is InChI=1S/C17H21NO4/c19-16(20)15(14-8-13(9-14)12-6-7-12)18-17(21)22-10-11-4-2-1-3-5-11/h1-5,12-15H,6-10H2,(H,18,21)(H,19,20)/t13?,14?,15-/m0/s1. The topological polar surface area (TPSA) is 75.6 Å². The first-order valence-electron chi connectivity index (χ1n) is 7.83. The molecule has 0 saturated heterocycles. The lowest BCUT2D eigenvalue weighted by atomic mass is 9.69. The average molecular weight is 303 g/mol. The second-order valence-electron chi connectivity index (χ2n) is 6.35. The number of benzene rings is 1. The first-order chi connectivity index (χ1) is 10.6. The van der Waals surface area contributed by atoms with Crippen LogP contribution < -0.4 is 5.32 Å². The predicted molar refractivity (Wildman–Crippen MR) is 80.1 cm³/mol. The van der Waals surface area contributed by atoms with E-state index in [-0.39, 0.29) is 12.5 Å². The molecule has 3 rings (SSSR count). The third kappa shape index (κ3) is 3.59. The number of hydrogen-bond acceptors (Lipinski definition) is 3. The van der Waals surface area contributed by atoms with Crippen LogP contribution in [0.15, 0.2) is 30.3 Å². The molecule has 1 aromatic rings. The Kier molecular flexibility index (Phi) is 4.32. The van der Waals surface area contributed by atoms with Crippen molar-refractivity contribution in [3.05, 3.63) is 35.9 Å². The normalized spacial score (nSPS) is 24.9. The zero-order chi connectivity index (χ0) is 15.5. The molecule has 2 fully saturated rings. The van der Waals surface area contributed by atoms with Gasteiger partial charge in [0.2, 0.25) is 0 Å². The summed E-state index contributed by atoms with van der Waals surface area (Å²) >= 11 is 0. The minimum Gasteiger partial charge on any atom is -0.480 e. The Balaban J connectivity index is 1.46. The first-order valence-corrected chi connectivity index (χ1v) is 7.83. The molecule has 0 unspecified atom stereocenters. The average Bonchev–Trinajstić information content (AvgIpc) is 3.28. The molecule has 0 aromatic heterocycles. The second-order valence-corrected chi connectivity index (χ2v) is 6.35. The molecule has 5 nitrogen and oxygen atoms in total. The smallest absolute Gasteiger partial charge is 0.408 e. The Morgan fingerprint density at radius 1 is 1.18 bits per heavy atom. The predicted octanol–water partition coefficient (Wildman–Crippen LogP) is 2.80. The molecular formula is C17H21NO4. The molecule has 0 heterocycles. The van der Waals surface area contributed by atoms with Gasteiger partial charge in [-0.1, -0.05) is 30.3 Å². The number of nitrogens with one attached hydrogen (secondary N) is 1. The molecule has 2 saturated carbocycles. The fraction of sp³-hybridized carbons (Fsp3) is 0.529. The molecule has 22 heavy (non-hydrogen) atoms. The number of alkyl carbamates (subject to hydrolysis) is 1. The molecule has 0 radical (unpaired) electrons. The van der Waals surface area contributed by atoms with Crippen molar-refractivity contribution in [2.45, 2.75) is 38.3 Å². The first kappa shape index (κ1) is 14.9. The van der Waals surface area contributed by atoms with E-state index < -0.39 is 18.1 Å². The van der Waals surface area contributed by atoms with Crippen LogP contribution in [0.5, 0.6) is 0 Å². The summed E-state index contributed by atoms with van der Waals surface area (Å²) in [7, 11) is 0. The summed E-state index contributed by atoms with van der Waals surface area (Å²) in [6.45, 7) is 0.147. The minimum atomic E-state index is -0.976. The number of rotatable bonds is 6. The Bertz CT molecular complexity index is 535. The van der Waals surface area contributed by atoms with Crippen molar-refractivity contribution in [3.8, 4) is 0 Å². The van der Waals surface area contributed by atoms with Gasteiger partial charge < -0.3 is 15.2 Å². The number of hydrogen-bond donors (Lipinski definition) is 2. The summed E-state index contributed by atoms with van der Waals surface area (Å²) in [6.07, 6.45) is 3.70. The van der Waals surface area contributed by atoms with Crippen LogP contribution in [-0.4, -0.2) is 23.2 Å². The number of carboxylic acid groups (broad SMARTS) is 1. The summed E-state index contributed by atoms with van der Waals surface area (Å²) in [4.78, 5) is 23.2. The van der Waals surface area contributed by atoms with E-state index in [4.69, 9.17) is 4.74 Å². The lowest BCUT2D eigenvalue weighted by molar-refractivity contribution is -0.142. The molecule has 1 atom stereocenters. The van der Waals surface area contributed by atoms with Crippen molar-refractivity contribution in [2.75, 3.05) is 0 Å². The Morgan fingerprint density at radius 3 is 2.45 bits per heavy atom. The molecule has 118 valence electrons. The van der Waals surface area contributed by atoms with E-state index in [9.17, 15) is 14.7 Å². The van der Waals surface area contributed by atoms with Gasteiger partial charge in [-0.25, -0.2) is 9.59 Å². The molecule has 5 heteroatoms. The highest BCUT2D eigenvalue weighted by atomic mass is 16.5. The molecule has 1 amide bonds. The monoisotopic (exact) mass is 303 g/mol. The van der Waals surface area contributed by atoms with Crippen LogP contribution in [0.3, 0.4) is 0 Å². The fourth-order valence-electron chi connectivity index (χ4n) is 3.21. The van der Waals surface area contributed by atoms with E-state index in [1.54, 1.807) is 0 Å². The van der Waals surface area contributed by atoms with Crippen molar-refractivity contribution in [2.24, 2.45) is 17.8 Å². The highest BCUT2D eigenvalue weighted by Crippen LogP contribution is 2.50. The van der Waals surface area contributed by atoms with Gasteiger partial charge in [0.25, 0.3) is 0 Å². The minimum absolute atomic E-state index is 0.0346. The summed E-state index contributed by atoms with van der Waals surface area (Å²) in [5.41, 5.74) is 0.877. The zero-order valence-corrected chi connectivity index (χ0v) is 12.4. The number of carboxylic acids is 1. The number of carbonyl (C=O) groups is 2. The largest absolute Gasteiger partial charge is 0.480 e. The molecule has 2 N–H and O–H groups in total. The van der Waals surface area contributed by atoms with Gasteiger partial charge in [-0.2, -0.15) is 0 Å². The maximum absolute atomic E-state index is 11.8. The maximum atomic E-state index is 11.8. The summed E-state index contributed by atoms with van der Waals surface area (Å²) in [6, 6.07) is 8.49. The van der Waals surface area contributed by atoms with Crippen molar-refractivity contribution >= 4 is 12.1 Å². The molecule has 1 aromatic carbocycles. The van der Waals surface area contributed by atoms with E-state index in [1.807, 2.05) is 30.3 Å². The summed E-state index contributed by atoms with van der Waals surface area (Å²) < 4.78 is 5.10. The molecule has 2 aliphatic carbocycles. The van der Waals surface area contributed by atoms with Crippen molar-refractivity contribution in [3.63, 3.8) is 0 Å². The van der Waals surface area contributed by atoms with Crippen molar-refractivity contribution in [1.82, 2.24) is 5.32 Å². The van der Waals surface area contributed by atoms with E-state index in [0.717, 1.165) is 24.3 Å². The maximum Gasteiger partial charge on any atom is 0.408 e. The fourth-order valence-corrected chi connectivity index (χ4v) is 3.21. The third-order valence-electron chi connectivity index (χ3n) is 4.72. The molecule has 0 aliphatic heterocycles. The zero-order valence-electron chi connectivity index (χ0n) is 12.4. The van der Waals surface area contributed by atoms with Gasteiger partial charge in [-0.15, -0.1) is 0 Å². The Hall–Kier alpha value is -2.04. The van der Waals surface area contributed by atoms with E-state index in [2.05, 4.69) is 5.32 Å². The number of aliphatic carboxylic acids is 1. The van der Waals surface area contributed by atoms with E-state index in [1.165, 1.54) is 12.8 Å². The van der Waals surface area contributed by atoms with Gasteiger partial charge >= 0.3 is 12.1 Å². The quantitative estimate of drug-likeness (QED) is 0.847. The highest BCUT2D eigenvalue weighted by Gasteiger charge is 2.45. The molecule has 0 bridgehead atoms. The van der Waals surface area contributed by atoms with Crippen molar-refractivity contribution in [1.29, 1.82) is 0 Å². The van der Waals surface area contributed by atoms with Gasteiger partial charge in [-0.05, 0) is 49.0 Å². The van der Waals surface area contributed by atoms with Crippen LogP contribution in [0.25, 0.3) is 0 Å². The van der Waals surface area contributed by atoms with Gasteiger partial charge in [0, 0.05) is 0 Å². The van der Waals surface area contributed by atoms with Gasteiger partial charge in [0.1, 0.15) is 12.6 Å². The van der Waals surface area contributed by atoms with Crippen LogP contribution in [0, 0.1) is 17.8 Å². The summed E-state index contributed by atoms with van der Waals surface area (Å²) in [5, 5.41) is 11.8. The Labute approximate surface area is 129 Å². The van der Waals surface area contributed by atoms with Crippen molar-refractivity contribution < 1.29 is 19.4 Å². The number of ether oxygens (including phenoxy) is 1. The lowest BCUT2D eigenvalue weighted by Crippen LogP contribution is -2.50. The summed E-state index contributed by atoms with van der Waals surface area (Å²) in [5.74, 6) is 0.521. The molecular weight excluding hydrogens is 282 g/mol. The van der Waals surface area contributed by atoms with Gasteiger partial charge in [0.05, 0.1) is 0 Å². The van der Waals surface area contributed by atoms with Crippen LogP contribution in [0.1, 0.15) is 31.2 Å². The number of carbonyl (C=O) groups excluding carboxylic acids is 1. The van der Waals surface area contributed by atoms with Gasteiger partial charge in [0.15, 0.2) is 0 Å². The lowest BCUT2D eigenvalue weighted by Gasteiger charge is -2.39. The van der Waals surface area contributed by atoms with Crippen LogP contribution in [0.2, 0.25) is 0 Å². The highest BCUT2D eigenvalue weighted by molar-refractivity contribution is 5.80.